The zero-order valence-electron chi connectivity index (χ0n) is 11.9. The molecule has 2 fully saturated rings. The molecule has 1 aromatic carbocycles. The second kappa shape index (κ2) is 4.47. The van der Waals surface area contributed by atoms with E-state index in [4.69, 9.17) is 0 Å². The van der Waals surface area contributed by atoms with Crippen molar-refractivity contribution in [3.63, 3.8) is 0 Å². The van der Waals surface area contributed by atoms with Gasteiger partial charge >= 0.3 is 0 Å². The van der Waals surface area contributed by atoms with Gasteiger partial charge in [-0.2, -0.15) is 0 Å². The molecule has 2 unspecified atom stereocenters. The summed E-state index contributed by atoms with van der Waals surface area (Å²) in [5.74, 6) is -4.07. The molecule has 2 heterocycles. The Morgan fingerprint density at radius 3 is 2.71 bits per heavy atom. The van der Waals surface area contributed by atoms with E-state index in [1.54, 1.807) is 17.1 Å². The van der Waals surface area contributed by atoms with Crippen LogP contribution in [0.3, 0.4) is 0 Å². The SMILES string of the molecule is CC(F)(F)C1(C)CN2CCC(c3cccc(F)c3)N2C1=O. The molecule has 2 atom stereocenters. The van der Waals surface area contributed by atoms with E-state index in [2.05, 4.69) is 0 Å². The van der Waals surface area contributed by atoms with Crippen LogP contribution in [0, 0.1) is 11.2 Å². The predicted molar refractivity (Wildman–Crippen MR) is 70.9 cm³/mol. The first-order valence-electron chi connectivity index (χ1n) is 6.96. The number of benzene rings is 1. The minimum atomic E-state index is -3.10. The van der Waals surface area contributed by atoms with Gasteiger partial charge in [-0.15, -0.1) is 0 Å². The second-order valence-corrected chi connectivity index (χ2v) is 6.12. The first-order valence-corrected chi connectivity index (χ1v) is 6.96. The van der Waals surface area contributed by atoms with Gasteiger partial charge in [-0.3, -0.25) is 9.80 Å². The molecule has 2 aliphatic rings. The number of carbonyl (C=O) groups excluding carboxylic acids is 1. The minimum absolute atomic E-state index is 0.00114. The van der Waals surface area contributed by atoms with Crippen LogP contribution < -0.4 is 0 Å². The van der Waals surface area contributed by atoms with E-state index in [9.17, 15) is 18.0 Å². The van der Waals surface area contributed by atoms with Gasteiger partial charge in [0.05, 0.1) is 6.04 Å². The monoisotopic (exact) mass is 298 g/mol. The average Bonchev–Trinajstić information content (AvgIpc) is 2.89. The van der Waals surface area contributed by atoms with Crippen molar-refractivity contribution < 1.29 is 18.0 Å². The third-order valence-corrected chi connectivity index (χ3v) is 4.64. The quantitative estimate of drug-likeness (QED) is 0.838. The standard InChI is InChI=1S/C15H17F3N2O/c1-14(15(2,17)18)9-19-7-6-12(20(19)13(14)21)10-4-3-5-11(16)8-10/h3-5,8,12H,6-7,9H2,1-2H3. The number of carbonyl (C=O) groups is 1. The van der Waals surface area contributed by atoms with E-state index >= 15 is 0 Å². The van der Waals surface area contributed by atoms with Crippen LogP contribution in [0.5, 0.6) is 0 Å². The maximum absolute atomic E-state index is 13.8. The van der Waals surface area contributed by atoms with Crippen molar-refractivity contribution in [2.45, 2.75) is 32.2 Å². The van der Waals surface area contributed by atoms with Gasteiger partial charge in [-0.25, -0.2) is 18.2 Å². The summed E-state index contributed by atoms with van der Waals surface area (Å²) >= 11 is 0. The summed E-state index contributed by atoms with van der Waals surface area (Å²) in [4.78, 5) is 12.5. The molecule has 0 saturated carbocycles. The van der Waals surface area contributed by atoms with Gasteiger partial charge in [0.25, 0.3) is 11.8 Å². The molecule has 2 aliphatic heterocycles. The summed E-state index contributed by atoms with van der Waals surface area (Å²) in [6, 6.07) is 5.62. The number of hydrogen-bond donors (Lipinski definition) is 0. The summed E-state index contributed by atoms with van der Waals surface area (Å²) < 4.78 is 41.0. The molecule has 0 spiro atoms. The van der Waals surface area contributed by atoms with Crippen molar-refractivity contribution in [2.75, 3.05) is 13.1 Å². The largest absolute Gasteiger partial charge is 0.272 e. The summed E-state index contributed by atoms with van der Waals surface area (Å²) in [5, 5.41) is 3.06. The fourth-order valence-corrected chi connectivity index (χ4v) is 3.16. The highest BCUT2D eigenvalue weighted by molar-refractivity contribution is 5.86. The lowest BCUT2D eigenvalue weighted by molar-refractivity contribution is -0.156. The Bertz CT molecular complexity index is 587. The van der Waals surface area contributed by atoms with Gasteiger partial charge in [0.2, 0.25) is 0 Å². The lowest BCUT2D eigenvalue weighted by Crippen LogP contribution is -2.45. The molecule has 3 rings (SSSR count). The van der Waals surface area contributed by atoms with Crippen molar-refractivity contribution in [1.29, 1.82) is 0 Å². The number of hydrogen-bond acceptors (Lipinski definition) is 2. The first kappa shape index (κ1) is 14.4. The van der Waals surface area contributed by atoms with Crippen molar-refractivity contribution >= 4 is 5.91 Å². The Labute approximate surface area is 121 Å². The summed E-state index contributed by atoms with van der Waals surface area (Å²) in [7, 11) is 0. The van der Waals surface area contributed by atoms with Crippen molar-refractivity contribution in [1.82, 2.24) is 10.0 Å². The van der Waals surface area contributed by atoms with Crippen LogP contribution in [0.2, 0.25) is 0 Å². The van der Waals surface area contributed by atoms with E-state index in [0.717, 1.165) is 6.92 Å². The van der Waals surface area contributed by atoms with E-state index < -0.39 is 17.2 Å². The zero-order chi connectivity index (χ0) is 15.4. The maximum atomic E-state index is 13.8. The molecule has 2 saturated heterocycles. The smallest absolute Gasteiger partial charge is 0.260 e. The normalized spacial score (nSPS) is 30.0. The van der Waals surface area contributed by atoms with Crippen LogP contribution >= 0.6 is 0 Å². The molecule has 21 heavy (non-hydrogen) atoms. The molecule has 0 radical (unpaired) electrons. The summed E-state index contributed by atoms with van der Waals surface area (Å²) in [5.41, 5.74) is -1.08. The number of rotatable bonds is 2. The zero-order valence-corrected chi connectivity index (χ0v) is 11.9. The van der Waals surface area contributed by atoms with Gasteiger partial charge in [-0.05, 0) is 31.0 Å². The molecule has 0 aromatic heterocycles. The average molecular weight is 298 g/mol. The van der Waals surface area contributed by atoms with Gasteiger partial charge in [0.1, 0.15) is 11.2 Å². The van der Waals surface area contributed by atoms with Gasteiger partial charge in [0, 0.05) is 20.0 Å². The third-order valence-electron chi connectivity index (χ3n) is 4.64. The second-order valence-electron chi connectivity index (χ2n) is 6.12. The predicted octanol–water partition coefficient (Wildman–Crippen LogP) is 2.99. The summed E-state index contributed by atoms with van der Waals surface area (Å²) in [6.07, 6.45) is 0.626. The van der Waals surface area contributed by atoms with Crippen LogP contribution in [0.4, 0.5) is 13.2 Å². The van der Waals surface area contributed by atoms with Gasteiger partial charge in [-0.1, -0.05) is 12.1 Å². The van der Waals surface area contributed by atoms with Crippen LogP contribution in [-0.4, -0.2) is 34.9 Å². The molecular weight excluding hydrogens is 281 g/mol. The Hall–Kier alpha value is -1.56. The molecule has 1 amide bonds. The Balaban J connectivity index is 1.95. The number of alkyl halides is 2. The van der Waals surface area contributed by atoms with Gasteiger partial charge < -0.3 is 0 Å². The molecule has 0 bridgehead atoms. The Morgan fingerprint density at radius 1 is 1.38 bits per heavy atom. The van der Waals surface area contributed by atoms with Crippen LogP contribution in [0.15, 0.2) is 24.3 Å². The number of hydrazine groups is 1. The van der Waals surface area contributed by atoms with Crippen LogP contribution in [0.1, 0.15) is 31.9 Å². The maximum Gasteiger partial charge on any atom is 0.260 e. The molecule has 114 valence electrons. The van der Waals surface area contributed by atoms with Crippen molar-refractivity contribution in [3.8, 4) is 0 Å². The van der Waals surface area contributed by atoms with E-state index in [1.807, 2.05) is 0 Å². The van der Waals surface area contributed by atoms with E-state index in [-0.39, 0.29) is 18.4 Å². The molecule has 0 N–H and O–H groups in total. The first-order chi connectivity index (χ1) is 9.74. The lowest BCUT2D eigenvalue weighted by Gasteiger charge is -2.30. The topological polar surface area (TPSA) is 23.6 Å². The highest BCUT2D eigenvalue weighted by Crippen LogP contribution is 2.48. The molecular formula is C15H17F3N2O. The number of halogens is 3. The minimum Gasteiger partial charge on any atom is -0.272 e. The van der Waals surface area contributed by atoms with Crippen molar-refractivity contribution in [2.24, 2.45) is 5.41 Å². The van der Waals surface area contributed by atoms with Crippen LogP contribution in [0.25, 0.3) is 0 Å². The Morgan fingerprint density at radius 2 is 2.10 bits per heavy atom. The van der Waals surface area contributed by atoms with Crippen molar-refractivity contribution in [3.05, 3.63) is 35.6 Å². The fraction of sp³-hybridized carbons (Fsp3) is 0.533. The van der Waals surface area contributed by atoms with Crippen LogP contribution in [-0.2, 0) is 4.79 Å². The number of fused-ring (bicyclic) bond motifs is 1. The molecule has 1 aromatic rings. The lowest BCUT2D eigenvalue weighted by atomic mass is 9.83. The number of nitrogens with zero attached hydrogens (tertiary/aromatic N) is 2. The number of amides is 1. The summed E-state index contributed by atoms with van der Waals surface area (Å²) in [6.45, 7) is 2.61. The Kier molecular flexibility index (Phi) is 3.06. The van der Waals surface area contributed by atoms with Gasteiger partial charge in [0.15, 0.2) is 0 Å². The van der Waals surface area contributed by atoms with E-state index in [1.165, 1.54) is 24.1 Å². The third kappa shape index (κ3) is 2.04. The molecule has 3 nitrogen and oxygen atoms in total. The highest BCUT2D eigenvalue weighted by atomic mass is 19.3. The van der Waals surface area contributed by atoms with E-state index in [0.29, 0.717) is 18.5 Å². The molecule has 6 heteroatoms. The molecule has 0 aliphatic carbocycles. The fourth-order valence-electron chi connectivity index (χ4n) is 3.16. The highest BCUT2D eigenvalue weighted by Gasteiger charge is 2.62.